The number of benzene rings is 1. The van der Waals surface area contributed by atoms with Crippen LogP contribution in [0.5, 0.6) is 0 Å². The molecular weight excluding hydrogens is 432 g/mol. The third-order valence-corrected chi connectivity index (χ3v) is 8.94. The third-order valence-electron chi connectivity index (χ3n) is 8.13. The minimum absolute atomic E-state index is 0.483. The van der Waals surface area contributed by atoms with E-state index in [9.17, 15) is 0 Å². The Kier molecular flexibility index (Phi) is 5.33. The van der Waals surface area contributed by atoms with Crippen LogP contribution in [0.3, 0.4) is 0 Å². The minimum Gasteiger partial charge on any atom is -0.354 e. The van der Waals surface area contributed by atoms with E-state index in [0.717, 1.165) is 61.7 Å². The molecule has 7 rings (SSSR count). The molecular formula is C24H32N8S. The lowest BCUT2D eigenvalue weighted by Gasteiger charge is -2.60. The van der Waals surface area contributed by atoms with E-state index in [1.54, 1.807) is 11.3 Å². The van der Waals surface area contributed by atoms with Crippen LogP contribution in [0.2, 0.25) is 0 Å². The van der Waals surface area contributed by atoms with Gasteiger partial charge in [0.15, 0.2) is 0 Å². The molecule has 3 saturated carbocycles. The fourth-order valence-electron chi connectivity index (χ4n) is 6.00. The zero-order valence-electron chi connectivity index (χ0n) is 19.3. The number of hydrogen-bond donors (Lipinski definition) is 3. The average molecular weight is 465 g/mol. The van der Waals surface area contributed by atoms with Gasteiger partial charge in [-0.1, -0.05) is 13.8 Å². The average Bonchev–Trinajstić information content (AvgIpc) is 3.31. The highest BCUT2D eigenvalue weighted by Gasteiger charge is 2.53. The summed E-state index contributed by atoms with van der Waals surface area (Å²) >= 11 is 1.65. The quantitative estimate of drug-likeness (QED) is 0.502. The highest BCUT2D eigenvalue weighted by Crippen LogP contribution is 2.61. The van der Waals surface area contributed by atoms with Crippen molar-refractivity contribution in [2.24, 2.45) is 23.2 Å². The molecule has 3 unspecified atom stereocenters. The molecule has 3 heterocycles. The lowest BCUT2D eigenvalue weighted by Crippen LogP contribution is -2.53. The summed E-state index contributed by atoms with van der Waals surface area (Å²) in [5.41, 5.74) is 4.28. The number of nitrogens with one attached hydrogen (secondary N) is 3. The van der Waals surface area contributed by atoms with Gasteiger partial charge in [0.1, 0.15) is 0 Å². The molecule has 4 aliphatic rings. The number of thiazole rings is 1. The molecule has 3 aromatic rings. The molecule has 174 valence electrons. The second-order valence-electron chi connectivity index (χ2n) is 10.3. The molecule has 9 heteroatoms. The summed E-state index contributed by atoms with van der Waals surface area (Å²) in [4.78, 5) is 21.0. The summed E-state index contributed by atoms with van der Waals surface area (Å²) in [5.74, 6) is 4.38. The van der Waals surface area contributed by atoms with Crippen LogP contribution in [0, 0.1) is 23.2 Å². The van der Waals surface area contributed by atoms with Gasteiger partial charge in [-0.05, 0) is 60.6 Å². The van der Waals surface area contributed by atoms with Gasteiger partial charge in [-0.3, -0.25) is 0 Å². The van der Waals surface area contributed by atoms with Crippen LogP contribution in [0.25, 0.3) is 10.2 Å². The predicted molar refractivity (Wildman–Crippen MR) is 134 cm³/mol. The Balaban J connectivity index is 1.23. The van der Waals surface area contributed by atoms with Crippen LogP contribution in [0.4, 0.5) is 23.5 Å². The Bertz CT molecular complexity index is 1140. The topological polar surface area (TPSA) is 90.9 Å². The van der Waals surface area contributed by atoms with Crippen molar-refractivity contribution >= 4 is 45.1 Å². The van der Waals surface area contributed by atoms with Crippen LogP contribution in [-0.2, 0) is 0 Å². The second-order valence-corrected chi connectivity index (χ2v) is 11.1. The number of fused-ring (bicyclic) bond motifs is 3. The smallest absolute Gasteiger partial charge is 0.233 e. The molecule has 1 saturated heterocycles. The van der Waals surface area contributed by atoms with E-state index >= 15 is 0 Å². The highest BCUT2D eigenvalue weighted by atomic mass is 32.1. The van der Waals surface area contributed by atoms with E-state index in [-0.39, 0.29) is 0 Å². The number of nitrogens with zero attached hydrogens (tertiary/aromatic N) is 5. The van der Waals surface area contributed by atoms with Gasteiger partial charge >= 0.3 is 0 Å². The summed E-state index contributed by atoms with van der Waals surface area (Å²) in [6.07, 6.45) is 4.04. The number of rotatable bonds is 6. The SMILES string of the molecule is CC1(C)C2CCC(CNc3nc(Nc4ccc5scnc5c4)nc(N4CCNCC4)n3)C1C2. The molecule has 33 heavy (non-hydrogen) atoms. The Morgan fingerprint density at radius 3 is 2.79 bits per heavy atom. The van der Waals surface area contributed by atoms with Crippen molar-refractivity contribution in [3.63, 3.8) is 0 Å². The molecule has 0 radical (unpaired) electrons. The minimum atomic E-state index is 0.483. The van der Waals surface area contributed by atoms with E-state index in [2.05, 4.69) is 51.8 Å². The van der Waals surface area contributed by atoms with Crippen LogP contribution < -0.4 is 20.9 Å². The number of aromatic nitrogens is 4. The van der Waals surface area contributed by atoms with Crippen LogP contribution >= 0.6 is 11.3 Å². The first-order valence-electron chi connectivity index (χ1n) is 12.1. The largest absolute Gasteiger partial charge is 0.354 e. The molecule has 0 amide bonds. The fourth-order valence-corrected chi connectivity index (χ4v) is 6.66. The van der Waals surface area contributed by atoms with Gasteiger partial charge in [0.2, 0.25) is 17.8 Å². The van der Waals surface area contributed by atoms with Crippen molar-refractivity contribution in [1.29, 1.82) is 0 Å². The second kappa shape index (κ2) is 8.36. The van der Waals surface area contributed by atoms with Crippen LogP contribution in [-0.4, -0.2) is 52.7 Å². The Labute approximate surface area is 198 Å². The zero-order chi connectivity index (χ0) is 22.4. The van der Waals surface area contributed by atoms with E-state index in [0.29, 0.717) is 23.2 Å². The van der Waals surface area contributed by atoms with E-state index in [1.807, 2.05) is 11.6 Å². The van der Waals surface area contributed by atoms with E-state index in [4.69, 9.17) is 15.0 Å². The van der Waals surface area contributed by atoms with Crippen molar-refractivity contribution in [1.82, 2.24) is 25.3 Å². The first-order valence-corrected chi connectivity index (χ1v) is 13.0. The van der Waals surface area contributed by atoms with Crippen molar-refractivity contribution < 1.29 is 0 Å². The predicted octanol–water partition coefficient (Wildman–Crippen LogP) is 4.12. The monoisotopic (exact) mass is 464 g/mol. The zero-order valence-corrected chi connectivity index (χ0v) is 20.2. The molecule has 3 atom stereocenters. The molecule has 1 aromatic carbocycles. The maximum absolute atomic E-state index is 4.81. The summed E-state index contributed by atoms with van der Waals surface area (Å²) in [5, 5.41) is 10.4. The Morgan fingerprint density at radius 1 is 1.12 bits per heavy atom. The number of anilines is 4. The number of hydrogen-bond acceptors (Lipinski definition) is 9. The molecule has 4 fully saturated rings. The lowest BCUT2D eigenvalue weighted by molar-refractivity contribution is -0.100. The molecule has 2 aromatic heterocycles. The van der Waals surface area contributed by atoms with Crippen molar-refractivity contribution in [3.05, 3.63) is 23.7 Å². The van der Waals surface area contributed by atoms with Gasteiger partial charge in [0.05, 0.1) is 15.7 Å². The van der Waals surface area contributed by atoms with Crippen molar-refractivity contribution in [2.75, 3.05) is 48.3 Å². The lowest BCUT2D eigenvalue weighted by atomic mass is 9.45. The maximum Gasteiger partial charge on any atom is 0.233 e. The highest BCUT2D eigenvalue weighted by molar-refractivity contribution is 7.16. The van der Waals surface area contributed by atoms with Crippen LogP contribution in [0.1, 0.15) is 33.1 Å². The van der Waals surface area contributed by atoms with Crippen LogP contribution in [0.15, 0.2) is 23.7 Å². The first-order chi connectivity index (χ1) is 16.1. The summed E-state index contributed by atoms with van der Waals surface area (Å²) in [6, 6.07) is 6.19. The third kappa shape index (κ3) is 4.01. The van der Waals surface area contributed by atoms with Gasteiger partial charge in [-0.25, -0.2) is 4.98 Å². The molecule has 2 bridgehead atoms. The Morgan fingerprint density at radius 2 is 1.97 bits per heavy atom. The van der Waals surface area contributed by atoms with Gasteiger partial charge < -0.3 is 20.9 Å². The standard InChI is InChI=1S/C24H32N8S/c1-24(2)16-4-3-15(18(24)11-16)13-26-21-29-22(31-23(30-21)32-9-7-25-8-10-32)28-17-5-6-20-19(12-17)27-14-33-20/h5-6,12,14-16,18,25H,3-4,7-11,13H2,1-2H3,(H2,26,28,29,30,31). The summed E-state index contributed by atoms with van der Waals surface area (Å²) in [7, 11) is 0. The van der Waals surface area contributed by atoms with Gasteiger partial charge in [0.25, 0.3) is 0 Å². The van der Waals surface area contributed by atoms with E-state index in [1.165, 1.54) is 24.0 Å². The number of piperazine rings is 1. The summed E-state index contributed by atoms with van der Waals surface area (Å²) < 4.78 is 1.17. The molecule has 0 spiro atoms. The molecule has 8 nitrogen and oxygen atoms in total. The molecule has 3 N–H and O–H groups in total. The molecule has 3 aliphatic carbocycles. The summed E-state index contributed by atoms with van der Waals surface area (Å²) in [6.45, 7) is 9.50. The normalized spacial score (nSPS) is 26.1. The van der Waals surface area contributed by atoms with Crippen molar-refractivity contribution in [3.8, 4) is 0 Å². The van der Waals surface area contributed by atoms with E-state index < -0.39 is 0 Å². The van der Waals surface area contributed by atoms with Crippen molar-refractivity contribution in [2.45, 2.75) is 33.1 Å². The molecule has 1 aliphatic heterocycles. The Hall–Kier alpha value is -2.52. The van der Waals surface area contributed by atoms with Gasteiger partial charge in [-0.15, -0.1) is 11.3 Å². The first kappa shape index (κ1) is 21.0. The van der Waals surface area contributed by atoms with Gasteiger partial charge in [0, 0.05) is 38.4 Å². The fraction of sp³-hybridized carbons (Fsp3) is 0.583. The van der Waals surface area contributed by atoms with Gasteiger partial charge in [-0.2, -0.15) is 15.0 Å². The maximum atomic E-state index is 4.81.